The smallest absolute Gasteiger partial charge is 0.191 e. The fourth-order valence-electron chi connectivity index (χ4n) is 2.27. The molecule has 0 unspecified atom stereocenters. The Labute approximate surface area is 159 Å². The topological polar surface area (TPSA) is 39.7 Å². The highest BCUT2D eigenvalue weighted by Gasteiger charge is 2.07. The molecular formula is C18H33IN4. The maximum absolute atomic E-state index is 4.28. The average Bonchev–Trinajstić information content (AvgIpc) is 2.53. The molecule has 0 spiro atoms. The largest absolute Gasteiger partial charge is 0.356 e. The molecule has 0 heterocycles. The van der Waals surface area contributed by atoms with Crippen LogP contribution < -0.4 is 10.6 Å². The number of nitrogens with zero attached hydrogens (tertiary/aromatic N) is 2. The van der Waals surface area contributed by atoms with Crippen LogP contribution in [0.2, 0.25) is 0 Å². The molecule has 0 saturated carbocycles. The van der Waals surface area contributed by atoms with Gasteiger partial charge in [-0.05, 0) is 30.1 Å². The van der Waals surface area contributed by atoms with Gasteiger partial charge in [-0.25, -0.2) is 0 Å². The summed E-state index contributed by atoms with van der Waals surface area (Å²) in [6.45, 7) is 13.7. The van der Waals surface area contributed by atoms with Gasteiger partial charge in [0.15, 0.2) is 5.96 Å². The van der Waals surface area contributed by atoms with Crippen molar-refractivity contribution in [1.82, 2.24) is 15.5 Å². The Kier molecular flexibility index (Phi) is 12.1. The van der Waals surface area contributed by atoms with E-state index in [1.165, 1.54) is 11.1 Å². The van der Waals surface area contributed by atoms with Crippen LogP contribution in [0.3, 0.4) is 0 Å². The normalized spacial score (nSPS) is 11.5. The number of benzene rings is 1. The Morgan fingerprint density at radius 1 is 1.09 bits per heavy atom. The summed E-state index contributed by atoms with van der Waals surface area (Å²) >= 11 is 0. The van der Waals surface area contributed by atoms with Gasteiger partial charge in [-0.15, -0.1) is 24.0 Å². The summed E-state index contributed by atoms with van der Waals surface area (Å²) in [5.41, 5.74) is 2.72. The number of hydrogen-bond acceptors (Lipinski definition) is 2. The highest BCUT2D eigenvalue weighted by molar-refractivity contribution is 14.0. The monoisotopic (exact) mass is 432 g/mol. The van der Waals surface area contributed by atoms with E-state index in [0.29, 0.717) is 5.92 Å². The van der Waals surface area contributed by atoms with Crippen LogP contribution in [0.4, 0.5) is 0 Å². The molecule has 4 nitrogen and oxygen atoms in total. The predicted octanol–water partition coefficient (Wildman–Crippen LogP) is 3.47. The van der Waals surface area contributed by atoms with E-state index in [2.05, 4.69) is 72.5 Å². The molecule has 0 amide bonds. The molecular weight excluding hydrogens is 399 g/mol. The van der Waals surface area contributed by atoms with Crippen molar-refractivity contribution in [2.45, 2.75) is 40.8 Å². The zero-order valence-corrected chi connectivity index (χ0v) is 17.6. The molecule has 0 bridgehead atoms. The van der Waals surface area contributed by atoms with Gasteiger partial charge in [0.25, 0.3) is 0 Å². The molecule has 1 rings (SSSR count). The van der Waals surface area contributed by atoms with Crippen molar-refractivity contribution in [3.63, 3.8) is 0 Å². The van der Waals surface area contributed by atoms with Gasteiger partial charge in [0, 0.05) is 26.7 Å². The van der Waals surface area contributed by atoms with Crippen LogP contribution in [-0.4, -0.2) is 37.5 Å². The number of hydrogen-bond donors (Lipinski definition) is 2. The Morgan fingerprint density at radius 2 is 1.70 bits per heavy atom. The van der Waals surface area contributed by atoms with Gasteiger partial charge >= 0.3 is 0 Å². The van der Waals surface area contributed by atoms with Crippen LogP contribution in [-0.2, 0) is 13.1 Å². The van der Waals surface area contributed by atoms with Gasteiger partial charge in [0.1, 0.15) is 0 Å². The SMILES string of the molecule is CCN(CC)Cc1ccccc1CNC(=NC)NCC(C)C.I. The Hall–Kier alpha value is -0.820. The molecule has 0 aliphatic carbocycles. The first kappa shape index (κ1) is 22.2. The molecule has 0 aliphatic heterocycles. The van der Waals surface area contributed by atoms with Crippen molar-refractivity contribution < 1.29 is 0 Å². The standard InChI is InChI=1S/C18H32N4.HI/c1-6-22(7-2)14-17-11-9-8-10-16(17)13-21-18(19-5)20-12-15(3)4;/h8-11,15H,6-7,12-14H2,1-5H3,(H2,19,20,21);1H. The minimum atomic E-state index is 0. The molecule has 1 aromatic rings. The van der Waals surface area contributed by atoms with Crippen LogP contribution in [0.15, 0.2) is 29.3 Å². The molecule has 0 atom stereocenters. The maximum atomic E-state index is 4.28. The van der Waals surface area contributed by atoms with Crippen LogP contribution in [0.1, 0.15) is 38.8 Å². The first-order valence-electron chi connectivity index (χ1n) is 8.34. The summed E-state index contributed by atoms with van der Waals surface area (Å²) in [6.07, 6.45) is 0. The predicted molar refractivity (Wildman–Crippen MR) is 112 cm³/mol. The third-order valence-electron chi connectivity index (χ3n) is 3.75. The fourth-order valence-corrected chi connectivity index (χ4v) is 2.27. The van der Waals surface area contributed by atoms with Crippen LogP contribution in [0, 0.1) is 5.92 Å². The lowest BCUT2D eigenvalue weighted by atomic mass is 10.1. The lowest BCUT2D eigenvalue weighted by Crippen LogP contribution is -2.38. The highest BCUT2D eigenvalue weighted by atomic mass is 127. The van der Waals surface area contributed by atoms with E-state index in [-0.39, 0.29) is 24.0 Å². The number of guanidine groups is 1. The van der Waals surface area contributed by atoms with Gasteiger partial charge in [-0.1, -0.05) is 52.0 Å². The zero-order chi connectivity index (χ0) is 16.4. The van der Waals surface area contributed by atoms with Crippen molar-refractivity contribution in [3.8, 4) is 0 Å². The second-order valence-corrected chi connectivity index (χ2v) is 5.93. The number of halogens is 1. The van der Waals surface area contributed by atoms with E-state index in [0.717, 1.165) is 38.7 Å². The summed E-state index contributed by atoms with van der Waals surface area (Å²) in [7, 11) is 1.82. The fraction of sp³-hybridized carbons (Fsp3) is 0.611. The van der Waals surface area contributed by atoms with E-state index in [4.69, 9.17) is 0 Å². The van der Waals surface area contributed by atoms with Crippen LogP contribution >= 0.6 is 24.0 Å². The first-order chi connectivity index (χ1) is 10.6. The highest BCUT2D eigenvalue weighted by Crippen LogP contribution is 2.11. The van der Waals surface area contributed by atoms with Crippen LogP contribution in [0.5, 0.6) is 0 Å². The van der Waals surface area contributed by atoms with E-state index in [1.54, 1.807) is 0 Å². The quantitative estimate of drug-likeness (QED) is 0.376. The average molecular weight is 432 g/mol. The molecule has 23 heavy (non-hydrogen) atoms. The Bertz CT molecular complexity index is 456. The molecule has 0 aliphatic rings. The van der Waals surface area contributed by atoms with E-state index < -0.39 is 0 Å². The van der Waals surface area contributed by atoms with E-state index in [1.807, 2.05) is 7.05 Å². The minimum Gasteiger partial charge on any atom is -0.356 e. The molecule has 0 radical (unpaired) electrons. The summed E-state index contributed by atoms with van der Waals surface area (Å²) in [5.74, 6) is 1.47. The van der Waals surface area contributed by atoms with Gasteiger partial charge < -0.3 is 10.6 Å². The van der Waals surface area contributed by atoms with Crippen molar-refractivity contribution in [3.05, 3.63) is 35.4 Å². The molecule has 5 heteroatoms. The third kappa shape index (κ3) is 8.55. The number of nitrogens with one attached hydrogen (secondary N) is 2. The number of aliphatic imine (C=N–C) groups is 1. The van der Waals surface area contributed by atoms with Crippen molar-refractivity contribution in [2.75, 3.05) is 26.7 Å². The first-order valence-corrected chi connectivity index (χ1v) is 8.34. The van der Waals surface area contributed by atoms with Crippen molar-refractivity contribution in [1.29, 1.82) is 0 Å². The van der Waals surface area contributed by atoms with Crippen LogP contribution in [0.25, 0.3) is 0 Å². The molecule has 0 saturated heterocycles. The lowest BCUT2D eigenvalue weighted by Gasteiger charge is -2.21. The molecule has 0 aromatic heterocycles. The van der Waals surface area contributed by atoms with Crippen molar-refractivity contribution in [2.24, 2.45) is 10.9 Å². The van der Waals surface area contributed by atoms with Gasteiger partial charge in [-0.2, -0.15) is 0 Å². The van der Waals surface area contributed by atoms with E-state index >= 15 is 0 Å². The zero-order valence-electron chi connectivity index (χ0n) is 15.2. The molecule has 132 valence electrons. The molecule has 2 N–H and O–H groups in total. The molecule has 1 aromatic carbocycles. The second kappa shape index (κ2) is 12.6. The summed E-state index contributed by atoms with van der Waals surface area (Å²) < 4.78 is 0. The van der Waals surface area contributed by atoms with Gasteiger partial charge in [0.2, 0.25) is 0 Å². The second-order valence-electron chi connectivity index (χ2n) is 5.93. The van der Waals surface area contributed by atoms with Crippen molar-refractivity contribution >= 4 is 29.9 Å². The summed E-state index contributed by atoms with van der Waals surface area (Å²) in [5, 5.41) is 6.76. The Balaban J connectivity index is 0.00000484. The molecule has 0 fully saturated rings. The summed E-state index contributed by atoms with van der Waals surface area (Å²) in [6, 6.07) is 8.64. The van der Waals surface area contributed by atoms with Gasteiger partial charge in [-0.3, -0.25) is 9.89 Å². The maximum Gasteiger partial charge on any atom is 0.191 e. The third-order valence-corrected chi connectivity index (χ3v) is 3.75. The minimum absolute atomic E-state index is 0. The number of rotatable bonds is 8. The Morgan fingerprint density at radius 3 is 2.22 bits per heavy atom. The van der Waals surface area contributed by atoms with Gasteiger partial charge in [0.05, 0.1) is 0 Å². The summed E-state index contributed by atoms with van der Waals surface area (Å²) in [4.78, 5) is 6.72. The van der Waals surface area contributed by atoms with E-state index in [9.17, 15) is 0 Å². The lowest BCUT2D eigenvalue weighted by molar-refractivity contribution is 0.295.